The lowest BCUT2D eigenvalue weighted by molar-refractivity contribution is 0.353. The molecule has 0 saturated heterocycles. The van der Waals surface area contributed by atoms with Gasteiger partial charge in [0, 0.05) is 5.56 Å². The number of thioether (sulfide) groups is 1. The highest BCUT2D eigenvalue weighted by atomic mass is 32.2. The fraction of sp³-hybridized carbons (Fsp3) is 0.385. The molecule has 0 saturated carbocycles. The van der Waals surface area contributed by atoms with Crippen molar-refractivity contribution in [3.8, 4) is 11.4 Å². The van der Waals surface area contributed by atoms with E-state index in [-0.39, 0.29) is 11.9 Å². The lowest BCUT2D eigenvalue weighted by Crippen LogP contribution is -2.11. The molecule has 1 heterocycles. The number of halogens is 1. The molecule has 0 radical (unpaired) electrons. The van der Waals surface area contributed by atoms with Crippen LogP contribution in [0.3, 0.4) is 0 Å². The molecular formula is C13H16FN3OS. The Hall–Kier alpha value is -1.40. The van der Waals surface area contributed by atoms with Crippen molar-refractivity contribution in [1.29, 1.82) is 0 Å². The van der Waals surface area contributed by atoms with Crippen LogP contribution >= 0.6 is 11.8 Å². The van der Waals surface area contributed by atoms with Crippen molar-refractivity contribution in [2.24, 2.45) is 5.73 Å². The highest BCUT2D eigenvalue weighted by Crippen LogP contribution is 2.21. The molecule has 1 aromatic carbocycles. The summed E-state index contributed by atoms with van der Waals surface area (Å²) in [6, 6.07) is 4.58. The van der Waals surface area contributed by atoms with Crippen molar-refractivity contribution in [3.05, 3.63) is 35.5 Å². The fourth-order valence-corrected chi connectivity index (χ4v) is 2.09. The predicted molar refractivity (Wildman–Crippen MR) is 74.4 cm³/mol. The number of hydrogen-bond donors (Lipinski definition) is 1. The van der Waals surface area contributed by atoms with Gasteiger partial charge in [0.1, 0.15) is 5.82 Å². The summed E-state index contributed by atoms with van der Waals surface area (Å²) in [6.07, 6.45) is 2.78. The molecule has 0 unspecified atom stereocenters. The van der Waals surface area contributed by atoms with E-state index in [9.17, 15) is 4.39 Å². The Labute approximate surface area is 115 Å². The molecule has 1 aromatic heterocycles. The quantitative estimate of drug-likeness (QED) is 0.912. The number of benzene rings is 1. The second-order valence-corrected chi connectivity index (χ2v) is 5.29. The standard InChI is InChI=1S/C13H16FN3OS/c1-8-3-4-9(7-10(8)14)12-16-13(18-17-12)11(15)5-6-19-2/h3-4,7,11H,5-6,15H2,1-2H3/t11-/m1/s1. The molecule has 2 rings (SSSR count). The molecule has 2 aromatic rings. The minimum Gasteiger partial charge on any atom is -0.337 e. The zero-order chi connectivity index (χ0) is 13.8. The highest BCUT2D eigenvalue weighted by molar-refractivity contribution is 7.98. The third-order valence-electron chi connectivity index (χ3n) is 2.82. The molecule has 0 fully saturated rings. The summed E-state index contributed by atoms with van der Waals surface area (Å²) in [4.78, 5) is 4.23. The van der Waals surface area contributed by atoms with Gasteiger partial charge < -0.3 is 10.3 Å². The van der Waals surface area contributed by atoms with E-state index in [0.717, 1.165) is 12.2 Å². The van der Waals surface area contributed by atoms with Crippen LogP contribution in [0.5, 0.6) is 0 Å². The van der Waals surface area contributed by atoms with Crippen molar-refractivity contribution in [2.75, 3.05) is 12.0 Å². The van der Waals surface area contributed by atoms with Gasteiger partial charge in [0.2, 0.25) is 11.7 Å². The Morgan fingerprint density at radius 3 is 2.95 bits per heavy atom. The third kappa shape index (κ3) is 3.33. The first-order chi connectivity index (χ1) is 9.11. The zero-order valence-electron chi connectivity index (χ0n) is 10.9. The van der Waals surface area contributed by atoms with Crippen LogP contribution in [-0.2, 0) is 0 Å². The first-order valence-corrected chi connectivity index (χ1v) is 7.36. The lowest BCUT2D eigenvalue weighted by atomic mass is 10.1. The molecule has 2 N–H and O–H groups in total. The van der Waals surface area contributed by atoms with E-state index < -0.39 is 0 Å². The van der Waals surface area contributed by atoms with E-state index in [1.54, 1.807) is 30.8 Å². The second kappa shape index (κ2) is 6.16. The second-order valence-electron chi connectivity index (χ2n) is 4.31. The summed E-state index contributed by atoms with van der Waals surface area (Å²) in [5.41, 5.74) is 7.12. The zero-order valence-corrected chi connectivity index (χ0v) is 11.7. The monoisotopic (exact) mass is 281 g/mol. The number of aromatic nitrogens is 2. The number of rotatable bonds is 5. The van der Waals surface area contributed by atoms with Crippen molar-refractivity contribution in [2.45, 2.75) is 19.4 Å². The van der Waals surface area contributed by atoms with Gasteiger partial charge >= 0.3 is 0 Å². The van der Waals surface area contributed by atoms with Gasteiger partial charge in [-0.3, -0.25) is 0 Å². The smallest absolute Gasteiger partial charge is 0.243 e. The van der Waals surface area contributed by atoms with E-state index in [2.05, 4.69) is 10.1 Å². The SMILES string of the molecule is CSCC[C@@H](N)c1nc(-c2ccc(C)c(F)c2)no1. The van der Waals surface area contributed by atoms with Gasteiger partial charge in [-0.1, -0.05) is 17.3 Å². The number of nitrogens with zero attached hydrogens (tertiary/aromatic N) is 2. The molecule has 19 heavy (non-hydrogen) atoms. The van der Waals surface area contributed by atoms with Crippen LogP contribution in [-0.4, -0.2) is 22.1 Å². The Morgan fingerprint density at radius 1 is 1.47 bits per heavy atom. The normalized spacial score (nSPS) is 12.6. The van der Waals surface area contributed by atoms with Gasteiger partial charge in [-0.15, -0.1) is 0 Å². The molecular weight excluding hydrogens is 265 g/mol. The highest BCUT2D eigenvalue weighted by Gasteiger charge is 2.15. The fourth-order valence-electron chi connectivity index (χ4n) is 1.60. The van der Waals surface area contributed by atoms with Crippen LogP contribution < -0.4 is 5.73 Å². The van der Waals surface area contributed by atoms with E-state index in [1.165, 1.54) is 6.07 Å². The maximum atomic E-state index is 13.5. The van der Waals surface area contributed by atoms with Crippen molar-refractivity contribution >= 4 is 11.8 Å². The minimum absolute atomic E-state index is 0.274. The number of nitrogens with two attached hydrogens (primary N) is 1. The first kappa shape index (κ1) is 14.0. The van der Waals surface area contributed by atoms with Gasteiger partial charge in [-0.2, -0.15) is 16.7 Å². The topological polar surface area (TPSA) is 64.9 Å². The van der Waals surface area contributed by atoms with Crippen molar-refractivity contribution in [3.63, 3.8) is 0 Å². The molecule has 4 nitrogen and oxygen atoms in total. The Bertz CT molecular complexity index is 559. The summed E-state index contributed by atoms with van der Waals surface area (Å²) >= 11 is 1.71. The van der Waals surface area contributed by atoms with Crippen LogP contribution in [0.15, 0.2) is 22.7 Å². The summed E-state index contributed by atoms with van der Waals surface area (Å²) in [7, 11) is 0. The van der Waals surface area contributed by atoms with E-state index in [1.807, 2.05) is 6.26 Å². The minimum atomic E-state index is -0.282. The van der Waals surface area contributed by atoms with Crippen LogP contribution in [0.2, 0.25) is 0 Å². The summed E-state index contributed by atoms with van der Waals surface area (Å²) in [5, 5.41) is 3.85. The van der Waals surface area contributed by atoms with E-state index in [4.69, 9.17) is 10.3 Å². The molecule has 0 aliphatic rings. The van der Waals surface area contributed by atoms with Gasteiger partial charge in [0.05, 0.1) is 6.04 Å². The van der Waals surface area contributed by atoms with Crippen LogP contribution in [0.25, 0.3) is 11.4 Å². The van der Waals surface area contributed by atoms with Gasteiger partial charge in [-0.25, -0.2) is 4.39 Å². The van der Waals surface area contributed by atoms with Crippen LogP contribution in [0, 0.1) is 12.7 Å². The van der Waals surface area contributed by atoms with Gasteiger partial charge in [0.25, 0.3) is 0 Å². The molecule has 0 aliphatic heterocycles. The molecule has 6 heteroatoms. The summed E-state index contributed by atoms with van der Waals surface area (Å²) < 4.78 is 18.6. The summed E-state index contributed by atoms with van der Waals surface area (Å²) in [5.74, 6) is 1.41. The predicted octanol–water partition coefficient (Wildman–Crippen LogP) is 2.94. The Balaban J connectivity index is 2.18. The van der Waals surface area contributed by atoms with Crippen molar-refractivity contribution in [1.82, 2.24) is 10.1 Å². The lowest BCUT2D eigenvalue weighted by Gasteiger charge is -2.03. The number of hydrogen-bond acceptors (Lipinski definition) is 5. The third-order valence-corrected chi connectivity index (χ3v) is 3.47. The maximum absolute atomic E-state index is 13.5. The number of aryl methyl sites for hydroxylation is 1. The average molecular weight is 281 g/mol. The van der Waals surface area contributed by atoms with Crippen LogP contribution in [0.4, 0.5) is 4.39 Å². The molecule has 1 atom stereocenters. The molecule has 102 valence electrons. The average Bonchev–Trinajstić information content (AvgIpc) is 2.89. The molecule has 0 amide bonds. The van der Waals surface area contributed by atoms with E-state index in [0.29, 0.717) is 22.8 Å². The maximum Gasteiger partial charge on any atom is 0.243 e. The largest absolute Gasteiger partial charge is 0.337 e. The van der Waals surface area contributed by atoms with E-state index >= 15 is 0 Å². The van der Waals surface area contributed by atoms with Crippen LogP contribution in [0.1, 0.15) is 23.9 Å². The summed E-state index contributed by atoms with van der Waals surface area (Å²) in [6.45, 7) is 1.71. The van der Waals surface area contributed by atoms with Gasteiger partial charge in [0.15, 0.2) is 0 Å². The Morgan fingerprint density at radius 2 is 2.26 bits per heavy atom. The Kier molecular flexibility index (Phi) is 4.55. The molecule has 0 bridgehead atoms. The first-order valence-electron chi connectivity index (χ1n) is 5.96. The van der Waals surface area contributed by atoms with Crippen molar-refractivity contribution < 1.29 is 8.91 Å². The molecule has 0 spiro atoms. The van der Waals surface area contributed by atoms with Gasteiger partial charge in [-0.05, 0) is 37.0 Å². The molecule has 0 aliphatic carbocycles.